The van der Waals surface area contributed by atoms with Gasteiger partial charge in [0.15, 0.2) is 0 Å². The lowest BCUT2D eigenvalue weighted by atomic mass is 10.1. The normalized spacial score (nSPS) is 10.2. The first-order valence-electron chi connectivity index (χ1n) is 6.02. The maximum atomic E-state index is 12.2. The van der Waals surface area contributed by atoms with Crippen molar-refractivity contribution in [3.63, 3.8) is 0 Å². The number of aromatic carboxylic acids is 1. The van der Waals surface area contributed by atoms with E-state index in [1.54, 1.807) is 6.92 Å². The summed E-state index contributed by atoms with van der Waals surface area (Å²) < 4.78 is 0.479. The molecule has 0 fully saturated rings. The third kappa shape index (κ3) is 3.41. The van der Waals surface area contributed by atoms with Crippen molar-refractivity contribution in [1.82, 2.24) is 0 Å². The van der Waals surface area contributed by atoms with Crippen molar-refractivity contribution < 1.29 is 19.8 Å². The van der Waals surface area contributed by atoms with Gasteiger partial charge in [-0.3, -0.25) is 4.79 Å². The van der Waals surface area contributed by atoms with E-state index in [-0.39, 0.29) is 17.2 Å². The van der Waals surface area contributed by atoms with E-state index in [9.17, 15) is 14.7 Å². The van der Waals surface area contributed by atoms with Gasteiger partial charge in [-0.2, -0.15) is 0 Å². The lowest BCUT2D eigenvalue weighted by Gasteiger charge is -2.10. The summed E-state index contributed by atoms with van der Waals surface area (Å²) >= 11 is 3.23. The van der Waals surface area contributed by atoms with E-state index < -0.39 is 5.97 Å². The molecular formula is C15H12BrNO4. The number of hydrogen-bond donors (Lipinski definition) is 3. The predicted molar refractivity (Wildman–Crippen MR) is 81.9 cm³/mol. The Labute approximate surface area is 129 Å². The molecule has 0 atom stereocenters. The zero-order valence-corrected chi connectivity index (χ0v) is 12.6. The minimum atomic E-state index is -1.04. The van der Waals surface area contributed by atoms with E-state index in [0.29, 0.717) is 21.3 Å². The van der Waals surface area contributed by atoms with Gasteiger partial charge >= 0.3 is 5.97 Å². The molecular weight excluding hydrogens is 338 g/mol. The Kier molecular flexibility index (Phi) is 4.28. The highest BCUT2D eigenvalue weighted by molar-refractivity contribution is 9.10. The summed E-state index contributed by atoms with van der Waals surface area (Å²) in [7, 11) is 0. The molecule has 0 aliphatic heterocycles. The molecule has 6 heteroatoms. The van der Waals surface area contributed by atoms with Crippen LogP contribution in [0.25, 0.3) is 0 Å². The van der Waals surface area contributed by atoms with Gasteiger partial charge in [0.1, 0.15) is 5.75 Å². The van der Waals surface area contributed by atoms with Crippen LogP contribution in [0.2, 0.25) is 0 Å². The summed E-state index contributed by atoms with van der Waals surface area (Å²) in [6.45, 7) is 1.72. The van der Waals surface area contributed by atoms with Gasteiger partial charge in [-0.05, 0) is 64.8 Å². The molecule has 0 spiro atoms. The summed E-state index contributed by atoms with van der Waals surface area (Å²) in [4.78, 5) is 23.0. The average Bonchev–Trinajstić information content (AvgIpc) is 2.40. The molecule has 0 radical (unpaired) electrons. The smallest absolute Gasteiger partial charge is 0.335 e. The Morgan fingerprint density at radius 2 is 1.86 bits per heavy atom. The van der Waals surface area contributed by atoms with E-state index in [0.717, 1.165) is 0 Å². The highest BCUT2D eigenvalue weighted by Crippen LogP contribution is 2.25. The van der Waals surface area contributed by atoms with Crippen LogP contribution in [0.5, 0.6) is 5.75 Å². The van der Waals surface area contributed by atoms with Gasteiger partial charge in [0.05, 0.1) is 11.3 Å². The first kappa shape index (κ1) is 15.1. The van der Waals surface area contributed by atoms with Crippen LogP contribution in [0.1, 0.15) is 26.3 Å². The summed E-state index contributed by atoms with van der Waals surface area (Å²) in [6, 6.07) is 8.80. The Morgan fingerprint density at radius 1 is 1.14 bits per heavy atom. The first-order chi connectivity index (χ1) is 9.88. The number of aryl methyl sites for hydroxylation is 1. The van der Waals surface area contributed by atoms with Crippen molar-refractivity contribution in [3.05, 3.63) is 57.6 Å². The molecule has 0 saturated heterocycles. The molecule has 2 rings (SSSR count). The largest absolute Gasteiger partial charge is 0.508 e. The van der Waals surface area contributed by atoms with Crippen molar-refractivity contribution in [2.24, 2.45) is 0 Å². The number of phenolic OH excluding ortho intramolecular Hbond substituents is 1. The molecule has 0 aliphatic carbocycles. The van der Waals surface area contributed by atoms with Crippen LogP contribution >= 0.6 is 15.9 Å². The van der Waals surface area contributed by atoms with Gasteiger partial charge in [0.2, 0.25) is 0 Å². The Balaban J connectivity index is 2.25. The molecule has 108 valence electrons. The van der Waals surface area contributed by atoms with Crippen LogP contribution in [-0.2, 0) is 0 Å². The van der Waals surface area contributed by atoms with Crippen molar-refractivity contribution in [2.45, 2.75) is 6.92 Å². The quantitative estimate of drug-likeness (QED) is 0.792. The standard InChI is InChI=1S/C15H12BrNO4/c1-8-6-10(18)3-4-11(8)14(19)17-13-5-2-9(15(20)21)7-12(13)16/h2-7,18H,1H3,(H,17,19)(H,20,21). The number of benzene rings is 2. The number of anilines is 1. The SMILES string of the molecule is Cc1cc(O)ccc1C(=O)Nc1ccc(C(=O)O)cc1Br. The fourth-order valence-corrected chi connectivity index (χ4v) is 2.32. The van der Waals surface area contributed by atoms with Gasteiger partial charge in [0, 0.05) is 10.0 Å². The van der Waals surface area contributed by atoms with Crippen molar-refractivity contribution >= 4 is 33.5 Å². The van der Waals surface area contributed by atoms with E-state index in [4.69, 9.17) is 5.11 Å². The molecule has 3 N–H and O–H groups in total. The van der Waals surface area contributed by atoms with Crippen molar-refractivity contribution in [3.8, 4) is 5.75 Å². The van der Waals surface area contributed by atoms with Gasteiger partial charge < -0.3 is 15.5 Å². The van der Waals surface area contributed by atoms with Crippen molar-refractivity contribution in [1.29, 1.82) is 0 Å². The number of carbonyl (C=O) groups excluding carboxylic acids is 1. The van der Waals surface area contributed by atoms with Crippen LogP contribution in [0.4, 0.5) is 5.69 Å². The molecule has 1 amide bonds. The lowest BCUT2D eigenvalue weighted by Crippen LogP contribution is -2.14. The zero-order chi connectivity index (χ0) is 15.6. The van der Waals surface area contributed by atoms with Crippen LogP contribution in [0.15, 0.2) is 40.9 Å². The average molecular weight is 350 g/mol. The zero-order valence-electron chi connectivity index (χ0n) is 11.1. The number of phenols is 1. The topological polar surface area (TPSA) is 86.6 Å². The Bertz CT molecular complexity index is 728. The lowest BCUT2D eigenvalue weighted by molar-refractivity contribution is 0.0696. The van der Waals surface area contributed by atoms with Crippen LogP contribution in [0, 0.1) is 6.92 Å². The maximum Gasteiger partial charge on any atom is 0.335 e. The third-order valence-electron chi connectivity index (χ3n) is 2.92. The van der Waals surface area contributed by atoms with Gasteiger partial charge in [-0.1, -0.05) is 0 Å². The number of amides is 1. The van der Waals surface area contributed by atoms with Crippen LogP contribution in [0.3, 0.4) is 0 Å². The summed E-state index contributed by atoms with van der Waals surface area (Å²) in [6.07, 6.45) is 0. The van der Waals surface area contributed by atoms with Crippen molar-refractivity contribution in [2.75, 3.05) is 5.32 Å². The molecule has 0 bridgehead atoms. The monoisotopic (exact) mass is 349 g/mol. The number of carboxylic acid groups (broad SMARTS) is 1. The number of aromatic hydroxyl groups is 1. The third-order valence-corrected chi connectivity index (χ3v) is 3.57. The van der Waals surface area contributed by atoms with Crippen LogP contribution < -0.4 is 5.32 Å². The van der Waals surface area contributed by atoms with E-state index in [1.165, 1.54) is 36.4 Å². The first-order valence-corrected chi connectivity index (χ1v) is 6.81. The molecule has 0 aromatic heterocycles. The van der Waals surface area contributed by atoms with Crippen LogP contribution in [-0.4, -0.2) is 22.1 Å². The minimum absolute atomic E-state index is 0.0936. The molecule has 2 aromatic carbocycles. The number of hydrogen-bond acceptors (Lipinski definition) is 3. The van der Waals surface area contributed by atoms with E-state index >= 15 is 0 Å². The van der Waals surface area contributed by atoms with E-state index in [2.05, 4.69) is 21.2 Å². The molecule has 0 aliphatic rings. The number of nitrogens with one attached hydrogen (secondary N) is 1. The Hall–Kier alpha value is -2.34. The predicted octanol–water partition coefficient (Wildman–Crippen LogP) is 3.41. The fourth-order valence-electron chi connectivity index (χ4n) is 1.84. The second-order valence-corrected chi connectivity index (χ2v) is 5.31. The molecule has 5 nitrogen and oxygen atoms in total. The van der Waals surface area contributed by atoms with Gasteiger partial charge in [-0.25, -0.2) is 4.79 Å². The highest BCUT2D eigenvalue weighted by atomic mass is 79.9. The molecule has 21 heavy (non-hydrogen) atoms. The molecule has 0 saturated carbocycles. The van der Waals surface area contributed by atoms with Gasteiger partial charge in [0.25, 0.3) is 5.91 Å². The molecule has 0 heterocycles. The Morgan fingerprint density at radius 3 is 2.43 bits per heavy atom. The molecule has 0 unspecified atom stereocenters. The summed E-state index contributed by atoms with van der Waals surface area (Å²) in [5.41, 5.74) is 1.67. The number of carbonyl (C=O) groups is 2. The number of halogens is 1. The summed E-state index contributed by atoms with van der Waals surface area (Å²) in [5, 5.41) is 20.9. The summed E-state index contributed by atoms with van der Waals surface area (Å²) in [5.74, 6) is -1.28. The second-order valence-electron chi connectivity index (χ2n) is 4.45. The maximum absolute atomic E-state index is 12.2. The second kappa shape index (κ2) is 5.97. The number of rotatable bonds is 3. The number of carboxylic acids is 1. The fraction of sp³-hybridized carbons (Fsp3) is 0.0667. The highest BCUT2D eigenvalue weighted by Gasteiger charge is 2.12. The van der Waals surface area contributed by atoms with Gasteiger partial charge in [-0.15, -0.1) is 0 Å². The molecule has 2 aromatic rings. The van der Waals surface area contributed by atoms with E-state index in [1.807, 2.05) is 0 Å². The minimum Gasteiger partial charge on any atom is -0.508 e.